The van der Waals surface area contributed by atoms with Gasteiger partial charge in [0.25, 0.3) is 5.91 Å². The zero-order valence-electron chi connectivity index (χ0n) is 20.0. The highest BCUT2D eigenvalue weighted by molar-refractivity contribution is 9.10. The van der Waals surface area contributed by atoms with Crippen LogP contribution in [0.4, 0.5) is 11.4 Å². The van der Waals surface area contributed by atoms with E-state index >= 15 is 0 Å². The van der Waals surface area contributed by atoms with Crippen LogP contribution in [-0.4, -0.2) is 82.6 Å². The highest BCUT2D eigenvalue weighted by Gasteiger charge is 2.63. The van der Waals surface area contributed by atoms with Gasteiger partial charge in [0.2, 0.25) is 5.78 Å². The number of aliphatic hydroxyl groups is 3. The largest absolute Gasteiger partial charge is 0.510 e. The van der Waals surface area contributed by atoms with Crippen LogP contribution in [0.3, 0.4) is 0 Å². The summed E-state index contributed by atoms with van der Waals surface area (Å²) >= 11 is 3.39. The number of phenolic OH excluding ortho intramolecular Hbond substituents is 1. The number of aliphatic hydroxyl groups excluding tert-OH is 2. The zero-order chi connectivity index (χ0) is 26.3. The minimum atomic E-state index is -2.68. The maximum absolute atomic E-state index is 13.7. The van der Waals surface area contributed by atoms with E-state index in [4.69, 9.17) is 11.5 Å². The van der Waals surface area contributed by atoms with Gasteiger partial charge in [0.1, 0.15) is 17.1 Å². The number of fused-ring (bicyclic) bond motifs is 3. The first kappa shape index (κ1) is 28.0. The van der Waals surface area contributed by atoms with Crippen LogP contribution in [0, 0.1) is 11.8 Å². The molecule has 0 aliphatic heterocycles. The molecule has 4 rings (SSSR count). The predicted octanol–water partition coefficient (Wildman–Crippen LogP) is 1.11. The Labute approximate surface area is 225 Å². The van der Waals surface area contributed by atoms with Gasteiger partial charge < -0.3 is 36.8 Å². The molecular formula is C23H28Br2N4O7. The van der Waals surface area contributed by atoms with Gasteiger partial charge in [-0.1, -0.05) is 0 Å². The Morgan fingerprint density at radius 1 is 1.14 bits per heavy atom. The van der Waals surface area contributed by atoms with E-state index in [0.29, 0.717) is 15.7 Å². The van der Waals surface area contributed by atoms with Gasteiger partial charge in [-0.15, -0.1) is 17.0 Å². The number of hydrogen-bond acceptors (Lipinski definition) is 10. The monoisotopic (exact) mass is 630 g/mol. The van der Waals surface area contributed by atoms with E-state index in [0.717, 1.165) is 0 Å². The third-order valence-corrected chi connectivity index (χ3v) is 8.09. The number of ketones is 2. The number of rotatable bonds is 3. The summed E-state index contributed by atoms with van der Waals surface area (Å²) in [7, 11) is 6.66. The van der Waals surface area contributed by atoms with Crippen LogP contribution in [-0.2, 0) is 16.0 Å². The number of nitrogens with zero attached hydrogens (tertiary/aromatic N) is 2. The van der Waals surface area contributed by atoms with Crippen LogP contribution < -0.4 is 16.4 Å². The van der Waals surface area contributed by atoms with Crippen molar-refractivity contribution >= 4 is 61.8 Å². The van der Waals surface area contributed by atoms with Crippen LogP contribution in [0.15, 0.2) is 27.1 Å². The number of amides is 1. The Hall–Kier alpha value is -2.61. The van der Waals surface area contributed by atoms with Gasteiger partial charge in [0.05, 0.1) is 27.5 Å². The number of aromatic hydroxyl groups is 1. The Morgan fingerprint density at radius 2 is 1.72 bits per heavy atom. The first-order valence-electron chi connectivity index (χ1n) is 10.8. The summed E-state index contributed by atoms with van der Waals surface area (Å²) < 4.78 is 0.404. The lowest BCUT2D eigenvalue weighted by atomic mass is 9.58. The molecule has 1 aromatic rings. The summed E-state index contributed by atoms with van der Waals surface area (Å²) in [6.45, 7) is 0. The molecule has 2 unspecified atom stereocenters. The van der Waals surface area contributed by atoms with Gasteiger partial charge in [-0.25, -0.2) is 0 Å². The van der Waals surface area contributed by atoms with Crippen molar-refractivity contribution in [1.29, 1.82) is 0 Å². The average molecular weight is 632 g/mol. The number of halogens is 2. The van der Waals surface area contributed by atoms with Crippen molar-refractivity contribution in [2.24, 2.45) is 17.6 Å². The average Bonchev–Trinajstić information content (AvgIpc) is 2.74. The molecule has 0 bridgehead atoms. The second-order valence-electron chi connectivity index (χ2n) is 9.64. The molecule has 4 atom stereocenters. The number of carbonyl (C=O) groups excluding carboxylic acids is 3. The van der Waals surface area contributed by atoms with Crippen molar-refractivity contribution < 1.29 is 34.8 Å². The lowest BCUT2D eigenvalue weighted by molar-refractivity contribution is -0.148. The molecule has 0 radical (unpaired) electrons. The van der Waals surface area contributed by atoms with Crippen molar-refractivity contribution in [1.82, 2.24) is 4.90 Å². The SMILES string of the molecule is Br.CN(C)c1c(Br)c(N)c(O)c2c1CC1CC3[C@H](N(C)C)C(O)=C(C(N)=O)C(=O)[C@@]3(O)C(O)=C1C2=O. The number of benzene rings is 1. The van der Waals surface area contributed by atoms with Gasteiger partial charge in [-0.05, 0) is 54.3 Å². The Balaban J connectivity index is 0.00000361. The number of phenols is 1. The topological polar surface area (TPSA) is 191 Å². The van der Waals surface area contributed by atoms with Gasteiger partial charge in [0, 0.05) is 25.6 Å². The summed E-state index contributed by atoms with van der Waals surface area (Å²) in [5.74, 6) is -7.07. The van der Waals surface area contributed by atoms with Crippen LogP contribution in [0.25, 0.3) is 0 Å². The fraction of sp³-hybridized carbons (Fsp3) is 0.435. The van der Waals surface area contributed by atoms with E-state index in [1.165, 1.54) is 4.90 Å². The maximum Gasteiger partial charge on any atom is 0.255 e. The molecule has 1 amide bonds. The van der Waals surface area contributed by atoms with Crippen LogP contribution >= 0.6 is 32.9 Å². The molecule has 0 saturated carbocycles. The molecule has 13 heteroatoms. The van der Waals surface area contributed by atoms with Crippen LogP contribution in [0.1, 0.15) is 22.3 Å². The fourth-order valence-corrected chi connectivity index (χ4v) is 6.60. The van der Waals surface area contributed by atoms with Crippen molar-refractivity contribution in [3.63, 3.8) is 0 Å². The Bertz CT molecular complexity index is 1270. The van der Waals surface area contributed by atoms with Gasteiger partial charge in [-0.2, -0.15) is 0 Å². The van der Waals surface area contributed by atoms with Gasteiger partial charge in [0.15, 0.2) is 17.1 Å². The van der Waals surface area contributed by atoms with Crippen LogP contribution in [0.2, 0.25) is 0 Å². The van der Waals surface area contributed by atoms with E-state index in [-0.39, 0.29) is 46.6 Å². The summed E-state index contributed by atoms with van der Waals surface area (Å²) in [6.07, 6.45) is 0.190. The van der Waals surface area contributed by atoms with E-state index in [9.17, 15) is 34.8 Å². The number of carbonyl (C=O) groups is 3. The first-order chi connectivity index (χ1) is 16.2. The smallest absolute Gasteiger partial charge is 0.255 e. The van der Waals surface area contributed by atoms with E-state index < -0.39 is 63.8 Å². The number of anilines is 2. The maximum atomic E-state index is 13.7. The number of hydrogen-bond donors (Lipinski definition) is 6. The third-order valence-electron chi connectivity index (χ3n) is 7.29. The Kier molecular flexibility index (Phi) is 7.03. The number of likely N-dealkylation sites (N-methyl/N-ethyl adjacent to an activating group) is 1. The van der Waals surface area contributed by atoms with Crippen molar-refractivity contribution in [3.8, 4) is 5.75 Å². The molecule has 0 saturated heterocycles. The minimum Gasteiger partial charge on any atom is -0.510 e. The molecule has 11 nitrogen and oxygen atoms in total. The van der Waals surface area contributed by atoms with Crippen LogP contribution in [0.5, 0.6) is 5.75 Å². The van der Waals surface area contributed by atoms with E-state index in [2.05, 4.69) is 15.9 Å². The molecule has 196 valence electrons. The Morgan fingerprint density at radius 3 is 2.22 bits per heavy atom. The lowest BCUT2D eigenvalue weighted by Crippen LogP contribution is -2.63. The normalized spacial score (nSPS) is 27.4. The summed E-state index contributed by atoms with van der Waals surface area (Å²) in [4.78, 5) is 42.2. The molecule has 36 heavy (non-hydrogen) atoms. The molecule has 0 aromatic heterocycles. The van der Waals surface area contributed by atoms with Crippen molar-refractivity contribution in [2.45, 2.75) is 24.5 Å². The molecule has 0 fully saturated rings. The summed E-state index contributed by atoms with van der Waals surface area (Å²) in [6, 6.07) is -1.04. The lowest BCUT2D eigenvalue weighted by Gasteiger charge is -2.50. The quantitative estimate of drug-likeness (QED) is 0.160. The summed E-state index contributed by atoms with van der Waals surface area (Å²) in [5, 5.41) is 44.4. The number of nitrogen functional groups attached to an aromatic ring is 1. The van der Waals surface area contributed by atoms with E-state index in [1.807, 2.05) is 0 Å². The van der Waals surface area contributed by atoms with E-state index in [1.54, 1.807) is 33.1 Å². The highest BCUT2D eigenvalue weighted by Crippen LogP contribution is 2.55. The molecule has 3 aliphatic rings. The predicted molar refractivity (Wildman–Crippen MR) is 140 cm³/mol. The summed E-state index contributed by atoms with van der Waals surface area (Å²) in [5.41, 5.74) is 8.48. The number of nitrogens with two attached hydrogens (primary N) is 2. The fourth-order valence-electron chi connectivity index (χ4n) is 5.82. The third kappa shape index (κ3) is 3.47. The standard InChI is InChI=1S/C23H27BrN4O7.BrH/c1-27(2)15-8-5-7-6-9-16(28(3)4)19(31)12(22(26)34)21(33)23(9,35)20(32)10(7)17(29)11(8)18(30)14(25)13(15)24;/h7,9,16,30-32,35H,5-6,25H2,1-4H3,(H2,26,34);1H/t7?,9?,16-,23-;/m0./s1. The van der Waals surface area contributed by atoms with Gasteiger partial charge >= 0.3 is 0 Å². The van der Waals surface area contributed by atoms with Gasteiger partial charge in [-0.3, -0.25) is 19.3 Å². The molecule has 1 aromatic carbocycles. The molecule has 8 N–H and O–H groups in total. The van der Waals surface area contributed by atoms with Crippen molar-refractivity contribution in [3.05, 3.63) is 38.3 Å². The second kappa shape index (κ2) is 9.05. The molecule has 3 aliphatic carbocycles. The molecular weight excluding hydrogens is 604 g/mol. The first-order valence-corrected chi connectivity index (χ1v) is 11.6. The number of Topliss-reactive ketones (excluding diaryl/α,β-unsaturated/α-hetero) is 2. The minimum absolute atomic E-state index is 0. The van der Waals surface area contributed by atoms with Crippen molar-refractivity contribution in [2.75, 3.05) is 38.8 Å². The molecule has 0 heterocycles. The highest BCUT2D eigenvalue weighted by atomic mass is 79.9. The number of allylic oxidation sites excluding steroid dienone is 1. The zero-order valence-corrected chi connectivity index (χ0v) is 23.3. The second-order valence-corrected chi connectivity index (χ2v) is 10.4. The molecule has 0 spiro atoms. The number of primary amides is 1.